The molecule has 30 heavy (non-hydrogen) atoms. The monoisotopic (exact) mass is 398 g/mol. The third kappa shape index (κ3) is 3.20. The molecular formula is C25H26N4O. The molecular weight excluding hydrogens is 372 g/mol. The zero-order chi connectivity index (χ0) is 20.7. The molecule has 5 rings (SSSR count). The van der Waals surface area contributed by atoms with Gasteiger partial charge < -0.3 is 9.47 Å². The Kier molecular flexibility index (Phi) is 4.66. The largest absolute Gasteiger partial charge is 0.371 e. The smallest absolute Gasteiger partial charge is 0.252 e. The Balaban J connectivity index is 1.37. The molecule has 1 aliphatic heterocycles. The number of benzene rings is 2. The van der Waals surface area contributed by atoms with Crippen molar-refractivity contribution in [3.05, 3.63) is 88.5 Å². The van der Waals surface area contributed by atoms with E-state index in [-0.39, 0.29) is 5.56 Å². The van der Waals surface area contributed by atoms with Crippen LogP contribution in [0, 0.1) is 6.92 Å². The first-order valence-corrected chi connectivity index (χ1v) is 10.6. The summed E-state index contributed by atoms with van der Waals surface area (Å²) in [7, 11) is 1.84. The van der Waals surface area contributed by atoms with Crippen LogP contribution in [0.4, 0.5) is 5.69 Å². The third-order valence-corrected chi connectivity index (χ3v) is 6.36. The third-order valence-electron chi connectivity index (χ3n) is 6.36. The van der Waals surface area contributed by atoms with E-state index in [1.165, 1.54) is 5.56 Å². The molecule has 152 valence electrons. The topological polar surface area (TPSA) is 43.1 Å². The standard InChI is InChI=1S/C25H26N4O/c1-18-7-3-5-9-22(18)29-16-13-21(26-29)19-11-14-28(15-12-19)24-17-25(30)27(2)23-10-6-4-8-20(23)24/h3-10,13,16-17,19H,11-12,14-15H2,1-2H3. The second-order valence-corrected chi connectivity index (χ2v) is 8.18. The molecule has 4 aromatic rings. The number of fused-ring (bicyclic) bond motifs is 1. The van der Waals surface area contributed by atoms with Crippen molar-refractivity contribution < 1.29 is 0 Å². The second kappa shape index (κ2) is 7.48. The van der Waals surface area contributed by atoms with Crippen molar-refractivity contribution in [2.75, 3.05) is 18.0 Å². The number of aromatic nitrogens is 3. The molecule has 5 nitrogen and oxygen atoms in total. The van der Waals surface area contributed by atoms with Gasteiger partial charge in [-0.2, -0.15) is 5.10 Å². The quantitative estimate of drug-likeness (QED) is 0.513. The van der Waals surface area contributed by atoms with Gasteiger partial charge in [0, 0.05) is 43.7 Å². The molecule has 0 unspecified atom stereocenters. The summed E-state index contributed by atoms with van der Waals surface area (Å²) >= 11 is 0. The van der Waals surface area contributed by atoms with Crippen molar-refractivity contribution in [1.29, 1.82) is 0 Å². The van der Waals surface area contributed by atoms with Crippen LogP contribution in [0.5, 0.6) is 0 Å². The van der Waals surface area contributed by atoms with E-state index in [1.807, 2.05) is 29.9 Å². The minimum atomic E-state index is 0.0443. The first-order chi connectivity index (χ1) is 14.6. The van der Waals surface area contributed by atoms with E-state index >= 15 is 0 Å². The van der Waals surface area contributed by atoms with Crippen LogP contribution in [0.1, 0.15) is 30.0 Å². The van der Waals surface area contributed by atoms with Crippen LogP contribution in [0.25, 0.3) is 16.6 Å². The minimum Gasteiger partial charge on any atom is -0.371 e. The highest BCUT2D eigenvalue weighted by atomic mass is 16.1. The lowest BCUT2D eigenvalue weighted by Crippen LogP contribution is -2.34. The van der Waals surface area contributed by atoms with E-state index in [0.717, 1.165) is 53.9 Å². The number of hydrogen-bond acceptors (Lipinski definition) is 3. The Hall–Kier alpha value is -3.34. The molecule has 2 aromatic heterocycles. The summed E-state index contributed by atoms with van der Waals surface area (Å²) in [6, 6.07) is 20.4. The van der Waals surface area contributed by atoms with Crippen LogP contribution in [0.15, 0.2) is 71.7 Å². The van der Waals surface area contributed by atoms with Gasteiger partial charge in [-0.25, -0.2) is 4.68 Å². The van der Waals surface area contributed by atoms with Gasteiger partial charge in [0.25, 0.3) is 5.56 Å². The van der Waals surface area contributed by atoms with Gasteiger partial charge in [0.05, 0.1) is 22.6 Å². The van der Waals surface area contributed by atoms with Crippen LogP contribution in [0.2, 0.25) is 0 Å². The number of rotatable bonds is 3. The average Bonchev–Trinajstić information content (AvgIpc) is 3.27. The molecule has 0 spiro atoms. The van der Waals surface area contributed by atoms with E-state index < -0.39 is 0 Å². The Morgan fingerprint density at radius 3 is 2.47 bits per heavy atom. The molecule has 1 aliphatic rings. The molecule has 3 heterocycles. The number of pyridine rings is 1. The zero-order valence-corrected chi connectivity index (χ0v) is 17.5. The predicted octanol–water partition coefficient (Wildman–Crippen LogP) is 4.42. The van der Waals surface area contributed by atoms with Gasteiger partial charge in [0.15, 0.2) is 0 Å². The van der Waals surface area contributed by atoms with Crippen molar-refractivity contribution in [3.63, 3.8) is 0 Å². The van der Waals surface area contributed by atoms with Gasteiger partial charge in [-0.15, -0.1) is 0 Å². The predicted molar refractivity (Wildman–Crippen MR) is 122 cm³/mol. The summed E-state index contributed by atoms with van der Waals surface area (Å²) in [6.45, 7) is 3.97. The van der Waals surface area contributed by atoms with Crippen LogP contribution in [-0.2, 0) is 7.05 Å². The van der Waals surface area contributed by atoms with Gasteiger partial charge in [-0.3, -0.25) is 4.79 Å². The van der Waals surface area contributed by atoms with Gasteiger partial charge in [-0.1, -0.05) is 36.4 Å². The number of nitrogens with zero attached hydrogens (tertiary/aromatic N) is 4. The summed E-state index contributed by atoms with van der Waals surface area (Å²) in [5, 5.41) is 6.02. The van der Waals surface area contributed by atoms with Crippen LogP contribution < -0.4 is 10.5 Å². The fourth-order valence-corrected chi connectivity index (χ4v) is 4.58. The molecule has 2 aromatic carbocycles. The number of aryl methyl sites for hydroxylation is 2. The molecule has 5 heteroatoms. The highest BCUT2D eigenvalue weighted by Crippen LogP contribution is 2.32. The zero-order valence-electron chi connectivity index (χ0n) is 17.5. The van der Waals surface area contributed by atoms with E-state index in [0.29, 0.717) is 5.92 Å². The lowest BCUT2D eigenvalue weighted by atomic mass is 9.93. The summed E-state index contributed by atoms with van der Waals surface area (Å²) in [6.07, 6.45) is 4.14. The van der Waals surface area contributed by atoms with Crippen molar-refractivity contribution in [1.82, 2.24) is 14.3 Å². The first-order valence-electron chi connectivity index (χ1n) is 10.6. The maximum absolute atomic E-state index is 12.5. The lowest BCUT2D eigenvalue weighted by Gasteiger charge is -2.33. The van der Waals surface area contributed by atoms with E-state index in [1.54, 1.807) is 10.6 Å². The highest BCUT2D eigenvalue weighted by Gasteiger charge is 2.24. The average molecular weight is 399 g/mol. The summed E-state index contributed by atoms with van der Waals surface area (Å²) < 4.78 is 3.72. The minimum absolute atomic E-state index is 0.0443. The van der Waals surface area contributed by atoms with E-state index in [2.05, 4.69) is 54.4 Å². The molecule has 1 saturated heterocycles. The molecule has 1 fully saturated rings. The maximum Gasteiger partial charge on any atom is 0.252 e. The fourth-order valence-electron chi connectivity index (χ4n) is 4.58. The number of anilines is 1. The van der Waals surface area contributed by atoms with Crippen molar-refractivity contribution in [3.8, 4) is 5.69 Å². The summed E-state index contributed by atoms with van der Waals surface area (Å²) in [5.74, 6) is 0.448. The summed E-state index contributed by atoms with van der Waals surface area (Å²) in [4.78, 5) is 14.8. The van der Waals surface area contributed by atoms with Crippen molar-refractivity contribution in [2.24, 2.45) is 7.05 Å². The Labute approximate surface area is 176 Å². The van der Waals surface area contributed by atoms with Gasteiger partial charge >= 0.3 is 0 Å². The van der Waals surface area contributed by atoms with Gasteiger partial charge in [0.1, 0.15) is 0 Å². The Morgan fingerprint density at radius 1 is 0.933 bits per heavy atom. The summed E-state index contributed by atoms with van der Waals surface area (Å²) in [5.41, 5.74) is 5.60. The normalized spacial score (nSPS) is 15.1. The van der Waals surface area contributed by atoms with Crippen molar-refractivity contribution >= 4 is 16.6 Å². The van der Waals surface area contributed by atoms with Crippen LogP contribution in [-0.4, -0.2) is 27.4 Å². The molecule has 0 saturated carbocycles. The molecule has 0 aliphatic carbocycles. The molecule has 0 atom stereocenters. The lowest BCUT2D eigenvalue weighted by molar-refractivity contribution is 0.494. The second-order valence-electron chi connectivity index (χ2n) is 8.18. The van der Waals surface area contributed by atoms with E-state index in [4.69, 9.17) is 5.10 Å². The first kappa shape index (κ1) is 18.7. The molecule has 0 amide bonds. The molecule has 0 N–H and O–H groups in total. The van der Waals surface area contributed by atoms with Gasteiger partial charge in [-0.05, 0) is 43.5 Å². The Morgan fingerprint density at radius 2 is 1.67 bits per heavy atom. The van der Waals surface area contributed by atoms with Gasteiger partial charge in [0.2, 0.25) is 0 Å². The maximum atomic E-state index is 12.5. The fraction of sp³-hybridized carbons (Fsp3) is 0.280. The Bertz CT molecular complexity index is 1260. The SMILES string of the molecule is Cc1ccccc1-n1ccc(C2CCN(c3cc(=O)n(C)c4ccccc34)CC2)n1. The van der Waals surface area contributed by atoms with E-state index in [9.17, 15) is 4.79 Å². The molecule has 0 bridgehead atoms. The highest BCUT2D eigenvalue weighted by molar-refractivity contribution is 5.91. The molecule has 0 radical (unpaired) electrons. The number of piperidine rings is 1. The van der Waals surface area contributed by atoms with Crippen molar-refractivity contribution in [2.45, 2.75) is 25.7 Å². The van der Waals surface area contributed by atoms with Crippen LogP contribution in [0.3, 0.4) is 0 Å². The number of hydrogen-bond donors (Lipinski definition) is 0. The number of para-hydroxylation sites is 2. The van der Waals surface area contributed by atoms with Crippen LogP contribution >= 0.6 is 0 Å².